The first kappa shape index (κ1) is 12.2. The number of rotatable bonds is 1. The van der Waals surface area contributed by atoms with Crippen LogP contribution in [0.2, 0.25) is 0 Å². The van der Waals surface area contributed by atoms with Crippen LogP contribution in [-0.2, 0) is 0 Å². The third-order valence-corrected chi connectivity index (χ3v) is 3.30. The second-order valence-corrected chi connectivity index (χ2v) is 4.64. The normalized spacial score (nSPS) is 17.0. The fourth-order valence-electron chi connectivity index (χ4n) is 2.23. The maximum atomic E-state index is 12.5. The molecule has 100 valence electrons. The van der Waals surface area contributed by atoms with Gasteiger partial charge in [-0.2, -0.15) is 0 Å². The monoisotopic (exact) mass is 268 g/mol. The molecule has 0 aromatic heterocycles. The number of Topliss-reactive ketones (excluding diaryl/α,β-unsaturated/α-hetero) is 1. The number of phenols is 2. The molecule has 1 atom stereocenters. The second kappa shape index (κ2) is 4.38. The summed E-state index contributed by atoms with van der Waals surface area (Å²) in [7, 11) is 0. The average molecular weight is 268 g/mol. The Kier molecular flexibility index (Phi) is 2.68. The largest absolute Gasteiger partial charge is 0.508 e. The molecular weight excluding hydrogens is 256 g/mol. The van der Waals surface area contributed by atoms with Gasteiger partial charge in [0.25, 0.3) is 0 Å². The lowest BCUT2D eigenvalue weighted by molar-refractivity contribution is 0.0983. The Morgan fingerprint density at radius 3 is 2.65 bits per heavy atom. The van der Waals surface area contributed by atoms with E-state index in [2.05, 4.69) is 4.99 Å². The summed E-state index contributed by atoms with van der Waals surface area (Å²) in [5.74, 6) is -0.714. The summed E-state index contributed by atoms with van der Waals surface area (Å²) in [6.45, 7) is 0. The molecule has 1 aliphatic rings. The van der Waals surface area contributed by atoms with Crippen molar-refractivity contribution in [3.8, 4) is 11.5 Å². The van der Waals surface area contributed by atoms with Crippen LogP contribution in [0.3, 0.4) is 0 Å². The van der Waals surface area contributed by atoms with E-state index in [1.54, 1.807) is 24.4 Å². The molecule has 1 heterocycles. The zero-order valence-corrected chi connectivity index (χ0v) is 10.4. The predicted octanol–water partition coefficient (Wildman–Crippen LogP) is 2.36. The van der Waals surface area contributed by atoms with Gasteiger partial charge in [-0.25, -0.2) is 0 Å². The first-order chi connectivity index (χ1) is 9.56. The van der Waals surface area contributed by atoms with Crippen LogP contribution in [0.25, 0.3) is 0 Å². The number of carbonyl (C=O) groups is 1. The van der Waals surface area contributed by atoms with Gasteiger partial charge in [0.1, 0.15) is 11.5 Å². The summed E-state index contributed by atoms with van der Waals surface area (Å²) in [4.78, 5) is 16.7. The van der Waals surface area contributed by atoms with E-state index in [9.17, 15) is 15.0 Å². The summed E-state index contributed by atoms with van der Waals surface area (Å²) < 4.78 is 0. The van der Waals surface area contributed by atoms with Crippen molar-refractivity contribution >= 4 is 23.4 Å². The summed E-state index contributed by atoms with van der Waals surface area (Å²) in [5.41, 5.74) is 7.43. The van der Waals surface area contributed by atoms with Gasteiger partial charge in [0, 0.05) is 11.8 Å². The number of ketones is 1. The van der Waals surface area contributed by atoms with Gasteiger partial charge >= 0.3 is 0 Å². The molecular formula is C15H12N2O3. The number of anilines is 1. The Morgan fingerprint density at radius 2 is 1.90 bits per heavy atom. The van der Waals surface area contributed by atoms with Gasteiger partial charge in [-0.15, -0.1) is 0 Å². The average Bonchev–Trinajstić information content (AvgIpc) is 2.43. The van der Waals surface area contributed by atoms with Crippen molar-refractivity contribution in [1.82, 2.24) is 0 Å². The lowest BCUT2D eigenvalue weighted by Crippen LogP contribution is -2.17. The van der Waals surface area contributed by atoms with Crippen LogP contribution in [0.4, 0.5) is 11.4 Å². The molecule has 0 saturated carbocycles. The number of aromatic hydroxyl groups is 2. The molecule has 4 N–H and O–H groups in total. The van der Waals surface area contributed by atoms with E-state index < -0.39 is 5.92 Å². The van der Waals surface area contributed by atoms with E-state index in [-0.39, 0.29) is 23.0 Å². The summed E-state index contributed by atoms with van der Waals surface area (Å²) in [5, 5.41) is 18.9. The molecule has 5 heteroatoms. The molecule has 0 fully saturated rings. The molecule has 20 heavy (non-hydrogen) atoms. The number of hydrogen-bond acceptors (Lipinski definition) is 5. The van der Waals surface area contributed by atoms with Crippen LogP contribution in [0.5, 0.6) is 11.5 Å². The lowest BCUT2D eigenvalue weighted by atomic mass is 9.88. The van der Waals surface area contributed by atoms with Crippen LogP contribution >= 0.6 is 0 Å². The van der Waals surface area contributed by atoms with Crippen LogP contribution in [0, 0.1) is 0 Å². The number of nitrogen functional groups attached to an aromatic ring is 1. The molecule has 1 aliphatic heterocycles. The highest BCUT2D eigenvalue weighted by Crippen LogP contribution is 2.34. The van der Waals surface area contributed by atoms with Crippen molar-refractivity contribution in [3.05, 3.63) is 47.5 Å². The van der Waals surface area contributed by atoms with Crippen molar-refractivity contribution in [2.24, 2.45) is 4.99 Å². The zero-order valence-electron chi connectivity index (χ0n) is 10.4. The second-order valence-electron chi connectivity index (χ2n) is 4.64. The Balaban J connectivity index is 2.05. The highest BCUT2D eigenvalue weighted by atomic mass is 16.3. The zero-order chi connectivity index (χ0) is 14.3. The fourth-order valence-corrected chi connectivity index (χ4v) is 2.23. The number of nitrogens with two attached hydrogens (primary N) is 1. The van der Waals surface area contributed by atoms with Crippen LogP contribution < -0.4 is 5.73 Å². The van der Waals surface area contributed by atoms with Crippen molar-refractivity contribution in [1.29, 1.82) is 0 Å². The fraction of sp³-hybridized carbons (Fsp3) is 0.0667. The quantitative estimate of drug-likeness (QED) is 0.546. The van der Waals surface area contributed by atoms with Crippen molar-refractivity contribution in [3.63, 3.8) is 0 Å². The number of hydrogen-bond donors (Lipinski definition) is 3. The highest BCUT2D eigenvalue weighted by molar-refractivity contribution is 6.16. The van der Waals surface area contributed by atoms with Gasteiger partial charge in [0.05, 0.1) is 17.3 Å². The van der Waals surface area contributed by atoms with Crippen LogP contribution in [0.1, 0.15) is 21.8 Å². The number of nitrogens with zero attached hydrogens (tertiary/aromatic N) is 1. The van der Waals surface area contributed by atoms with E-state index in [4.69, 9.17) is 5.73 Å². The van der Waals surface area contributed by atoms with Gasteiger partial charge < -0.3 is 15.9 Å². The van der Waals surface area contributed by atoms with E-state index >= 15 is 0 Å². The van der Waals surface area contributed by atoms with E-state index in [1.165, 1.54) is 18.2 Å². The standard InChI is InChI=1S/C15H12N2O3/c16-12-5-8(1-4-14(12)19)11-7-17-13-3-2-9(18)6-10(13)15(11)20/h1-7,11,18-19H,16H2. The third kappa shape index (κ3) is 1.89. The smallest absolute Gasteiger partial charge is 0.177 e. The first-order valence-electron chi connectivity index (χ1n) is 6.06. The predicted molar refractivity (Wildman–Crippen MR) is 75.8 cm³/mol. The van der Waals surface area contributed by atoms with Gasteiger partial charge in [0.2, 0.25) is 0 Å². The van der Waals surface area contributed by atoms with Crippen molar-refractivity contribution in [2.75, 3.05) is 5.73 Å². The minimum atomic E-state index is -0.563. The van der Waals surface area contributed by atoms with Gasteiger partial charge in [-0.3, -0.25) is 9.79 Å². The Bertz CT molecular complexity index is 738. The Hall–Kier alpha value is -2.82. The van der Waals surface area contributed by atoms with Gasteiger partial charge in [0.15, 0.2) is 5.78 Å². The topological polar surface area (TPSA) is 95.9 Å². The van der Waals surface area contributed by atoms with Gasteiger partial charge in [-0.05, 0) is 35.9 Å². The maximum Gasteiger partial charge on any atom is 0.177 e. The minimum absolute atomic E-state index is 0.0213. The molecule has 0 aliphatic carbocycles. The molecule has 3 rings (SSSR count). The summed E-state index contributed by atoms with van der Waals surface area (Å²) in [6.07, 6.45) is 1.55. The molecule has 2 aromatic carbocycles. The molecule has 0 amide bonds. The van der Waals surface area contributed by atoms with E-state index in [0.29, 0.717) is 16.8 Å². The highest BCUT2D eigenvalue weighted by Gasteiger charge is 2.26. The molecule has 0 radical (unpaired) electrons. The molecule has 2 aromatic rings. The molecule has 0 saturated heterocycles. The van der Waals surface area contributed by atoms with E-state index in [1.807, 2.05) is 0 Å². The number of carbonyl (C=O) groups excluding carboxylic acids is 1. The number of fused-ring (bicyclic) bond motifs is 1. The Labute approximate surface area is 115 Å². The summed E-state index contributed by atoms with van der Waals surface area (Å²) in [6, 6.07) is 9.13. The van der Waals surface area contributed by atoms with Crippen LogP contribution in [0.15, 0.2) is 41.4 Å². The Morgan fingerprint density at radius 1 is 1.10 bits per heavy atom. The molecule has 0 bridgehead atoms. The van der Waals surface area contributed by atoms with E-state index in [0.717, 1.165) is 0 Å². The number of benzene rings is 2. The maximum absolute atomic E-state index is 12.5. The third-order valence-electron chi connectivity index (χ3n) is 3.30. The molecule has 0 spiro atoms. The number of phenolic OH excluding ortho intramolecular Hbond substituents is 2. The SMILES string of the molecule is Nc1cc(C2C=Nc3ccc(O)cc3C2=O)ccc1O. The molecule has 5 nitrogen and oxygen atoms in total. The minimum Gasteiger partial charge on any atom is -0.508 e. The van der Waals surface area contributed by atoms with Crippen molar-refractivity contribution < 1.29 is 15.0 Å². The van der Waals surface area contributed by atoms with Gasteiger partial charge in [-0.1, -0.05) is 6.07 Å². The first-order valence-corrected chi connectivity index (χ1v) is 6.06. The summed E-state index contributed by atoms with van der Waals surface area (Å²) >= 11 is 0. The lowest BCUT2D eigenvalue weighted by Gasteiger charge is -2.18. The van der Waals surface area contributed by atoms with Crippen LogP contribution in [-0.4, -0.2) is 22.2 Å². The number of aliphatic imine (C=N–C) groups is 1. The molecule has 1 unspecified atom stereocenters. The van der Waals surface area contributed by atoms with Crippen molar-refractivity contribution in [2.45, 2.75) is 5.92 Å².